The van der Waals surface area contributed by atoms with Gasteiger partial charge in [-0.25, -0.2) is 4.39 Å². The number of aromatic amines is 1. The molecule has 3 heterocycles. The molecule has 0 bridgehead atoms. The summed E-state index contributed by atoms with van der Waals surface area (Å²) in [6.07, 6.45) is 5.98. The van der Waals surface area contributed by atoms with E-state index >= 15 is 0 Å². The second kappa shape index (κ2) is 7.67. The standard InChI is InChI=1S/C24H25FN4O/c1-15-13-17(16-8-10-18(25)11-9-16)14-21(26-15)22-7-4-12-29(22)24(30)23-19-5-2-3-6-20(19)27-28-23/h8-11,13-14,22H,2-7,12H2,1H3,(H,27,28). The van der Waals surface area contributed by atoms with Gasteiger partial charge in [-0.2, -0.15) is 5.10 Å². The molecule has 30 heavy (non-hydrogen) atoms. The predicted octanol–water partition coefficient (Wildman–Crippen LogP) is 4.78. The molecule has 6 heteroatoms. The molecule has 1 aliphatic carbocycles. The Balaban J connectivity index is 1.47. The van der Waals surface area contributed by atoms with Gasteiger partial charge in [0.15, 0.2) is 5.69 Å². The lowest BCUT2D eigenvalue weighted by Crippen LogP contribution is -2.32. The molecule has 1 fully saturated rings. The van der Waals surface area contributed by atoms with Crippen LogP contribution in [0, 0.1) is 12.7 Å². The van der Waals surface area contributed by atoms with Crippen LogP contribution in [0.1, 0.15) is 64.9 Å². The molecule has 1 amide bonds. The zero-order chi connectivity index (χ0) is 20.7. The predicted molar refractivity (Wildman–Crippen MR) is 113 cm³/mol. The third-order valence-corrected chi connectivity index (χ3v) is 6.26. The molecule has 0 saturated carbocycles. The third kappa shape index (κ3) is 3.40. The minimum absolute atomic E-state index is 0.00328. The first-order valence-electron chi connectivity index (χ1n) is 10.7. The molecule has 1 saturated heterocycles. The summed E-state index contributed by atoms with van der Waals surface area (Å²) in [6, 6.07) is 10.5. The van der Waals surface area contributed by atoms with E-state index in [0.29, 0.717) is 12.2 Å². The van der Waals surface area contributed by atoms with Crippen molar-refractivity contribution in [3.8, 4) is 11.1 Å². The zero-order valence-electron chi connectivity index (χ0n) is 17.1. The molecule has 154 valence electrons. The summed E-state index contributed by atoms with van der Waals surface area (Å²) in [7, 11) is 0. The number of H-pyrrole nitrogens is 1. The van der Waals surface area contributed by atoms with Crippen molar-refractivity contribution >= 4 is 5.91 Å². The van der Waals surface area contributed by atoms with Gasteiger partial charge in [0.2, 0.25) is 0 Å². The number of rotatable bonds is 3. The van der Waals surface area contributed by atoms with Crippen molar-refractivity contribution in [2.45, 2.75) is 51.5 Å². The van der Waals surface area contributed by atoms with Crippen molar-refractivity contribution in [2.24, 2.45) is 0 Å². The maximum atomic E-state index is 13.4. The fourth-order valence-electron chi connectivity index (χ4n) is 4.79. The molecule has 1 aromatic carbocycles. The Labute approximate surface area is 175 Å². The van der Waals surface area contributed by atoms with Crippen molar-refractivity contribution in [3.05, 3.63) is 70.6 Å². The maximum absolute atomic E-state index is 13.4. The van der Waals surface area contributed by atoms with E-state index in [4.69, 9.17) is 4.98 Å². The Bertz CT molecular complexity index is 1090. The Morgan fingerprint density at radius 1 is 1.10 bits per heavy atom. The number of benzene rings is 1. The lowest BCUT2D eigenvalue weighted by atomic mass is 9.95. The minimum Gasteiger partial charge on any atom is -0.329 e. The van der Waals surface area contributed by atoms with E-state index in [1.807, 2.05) is 24.0 Å². The molecule has 0 spiro atoms. The van der Waals surface area contributed by atoms with Crippen LogP contribution in [0.15, 0.2) is 36.4 Å². The van der Waals surface area contributed by atoms with Crippen molar-refractivity contribution in [2.75, 3.05) is 6.54 Å². The van der Waals surface area contributed by atoms with Gasteiger partial charge in [0, 0.05) is 23.5 Å². The number of halogens is 1. The summed E-state index contributed by atoms with van der Waals surface area (Å²) in [5.74, 6) is -0.247. The number of nitrogens with zero attached hydrogens (tertiary/aromatic N) is 3. The molecular weight excluding hydrogens is 379 g/mol. The maximum Gasteiger partial charge on any atom is 0.275 e. The Morgan fingerprint density at radius 3 is 2.73 bits per heavy atom. The fourth-order valence-corrected chi connectivity index (χ4v) is 4.79. The molecule has 0 radical (unpaired) electrons. The molecule has 1 atom stereocenters. The van der Waals surface area contributed by atoms with E-state index in [1.54, 1.807) is 12.1 Å². The highest BCUT2D eigenvalue weighted by atomic mass is 19.1. The van der Waals surface area contributed by atoms with Crippen molar-refractivity contribution in [1.29, 1.82) is 0 Å². The lowest BCUT2D eigenvalue weighted by Gasteiger charge is -2.25. The first kappa shape index (κ1) is 19.0. The van der Waals surface area contributed by atoms with Crippen molar-refractivity contribution in [3.63, 3.8) is 0 Å². The van der Waals surface area contributed by atoms with Crippen LogP contribution < -0.4 is 0 Å². The zero-order valence-corrected chi connectivity index (χ0v) is 17.1. The van der Waals surface area contributed by atoms with Crippen LogP contribution in [0.3, 0.4) is 0 Å². The first-order valence-corrected chi connectivity index (χ1v) is 10.7. The van der Waals surface area contributed by atoms with E-state index in [2.05, 4.69) is 10.2 Å². The van der Waals surface area contributed by atoms with E-state index in [-0.39, 0.29) is 17.8 Å². The van der Waals surface area contributed by atoms with Crippen molar-refractivity contribution < 1.29 is 9.18 Å². The van der Waals surface area contributed by atoms with Gasteiger partial charge in [0.05, 0.1) is 11.7 Å². The van der Waals surface area contributed by atoms with Gasteiger partial charge in [-0.15, -0.1) is 0 Å². The van der Waals surface area contributed by atoms with Crippen molar-refractivity contribution in [1.82, 2.24) is 20.1 Å². The molecule has 2 aromatic heterocycles. The van der Waals surface area contributed by atoms with E-state index in [9.17, 15) is 9.18 Å². The van der Waals surface area contributed by atoms with Crippen LogP contribution in [0.5, 0.6) is 0 Å². The Kier molecular flexibility index (Phi) is 4.85. The van der Waals surface area contributed by atoms with E-state index in [0.717, 1.165) is 72.3 Å². The second-order valence-electron chi connectivity index (χ2n) is 8.32. The van der Waals surface area contributed by atoms with Gasteiger partial charge >= 0.3 is 0 Å². The van der Waals surface area contributed by atoms with Gasteiger partial charge in [-0.3, -0.25) is 14.9 Å². The highest BCUT2D eigenvalue weighted by molar-refractivity contribution is 5.94. The van der Waals surface area contributed by atoms with Crippen LogP contribution >= 0.6 is 0 Å². The monoisotopic (exact) mass is 404 g/mol. The van der Waals surface area contributed by atoms with Gasteiger partial charge in [0.1, 0.15) is 5.82 Å². The molecule has 1 unspecified atom stereocenters. The molecule has 5 rings (SSSR count). The minimum atomic E-state index is -0.250. The Morgan fingerprint density at radius 2 is 1.90 bits per heavy atom. The Hall–Kier alpha value is -3.02. The van der Waals surface area contributed by atoms with Gasteiger partial charge in [0.25, 0.3) is 5.91 Å². The number of likely N-dealkylation sites (tertiary alicyclic amines) is 1. The highest BCUT2D eigenvalue weighted by Gasteiger charge is 2.34. The number of carbonyl (C=O) groups excluding carboxylic acids is 1. The molecule has 3 aromatic rings. The van der Waals surface area contributed by atoms with Crippen LogP contribution in [0.2, 0.25) is 0 Å². The summed E-state index contributed by atoms with van der Waals surface area (Å²) in [6.45, 7) is 2.67. The number of carbonyl (C=O) groups is 1. The van der Waals surface area contributed by atoms with Crippen LogP contribution in [0.25, 0.3) is 11.1 Å². The summed E-state index contributed by atoms with van der Waals surface area (Å²) >= 11 is 0. The average Bonchev–Trinajstić information content (AvgIpc) is 3.41. The third-order valence-electron chi connectivity index (χ3n) is 6.26. The number of pyridine rings is 1. The number of hydrogen-bond acceptors (Lipinski definition) is 3. The summed E-state index contributed by atoms with van der Waals surface area (Å²) in [5, 5.41) is 7.47. The lowest BCUT2D eigenvalue weighted by molar-refractivity contribution is 0.0725. The average molecular weight is 404 g/mol. The number of hydrogen-bond donors (Lipinski definition) is 1. The van der Waals surface area contributed by atoms with Gasteiger partial charge < -0.3 is 4.90 Å². The van der Waals surface area contributed by atoms with E-state index < -0.39 is 0 Å². The second-order valence-corrected chi connectivity index (χ2v) is 8.32. The molecular formula is C24H25FN4O. The summed E-state index contributed by atoms with van der Waals surface area (Å²) in [4.78, 5) is 20.1. The molecule has 5 nitrogen and oxygen atoms in total. The highest BCUT2D eigenvalue weighted by Crippen LogP contribution is 2.35. The quantitative estimate of drug-likeness (QED) is 0.684. The SMILES string of the molecule is Cc1cc(-c2ccc(F)cc2)cc(C2CCCN2C(=O)c2n[nH]c3c2CCCC3)n1. The normalized spacial score (nSPS) is 18.5. The van der Waals surface area contributed by atoms with Gasteiger partial charge in [-0.1, -0.05) is 12.1 Å². The molecule has 1 aliphatic heterocycles. The van der Waals surface area contributed by atoms with E-state index in [1.165, 1.54) is 12.1 Å². The topological polar surface area (TPSA) is 61.9 Å². The smallest absolute Gasteiger partial charge is 0.275 e. The molecule has 2 aliphatic rings. The summed E-state index contributed by atoms with van der Waals surface area (Å²) < 4.78 is 13.3. The van der Waals surface area contributed by atoms with Crippen LogP contribution in [-0.2, 0) is 12.8 Å². The first-order chi connectivity index (χ1) is 14.6. The largest absolute Gasteiger partial charge is 0.329 e. The molecule has 1 N–H and O–H groups in total. The fraction of sp³-hybridized carbons (Fsp3) is 0.375. The number of aryl methyl sites for hydroxylation is 2. The van der Waals surface area contributed by atoms with Crippen LogP contribution in [0.4, 0.5) is 4.39 Å². The number of aromatic nitrogens is 3. The van der Waals surface area contributed by atoms with Crippen LogP contribution in [-0.4, -0.2) is 32.5 Å². The number of amides is 1. The van der Waals surface area contributed by atoms with Gasteiger partial charge in [-0.05, 0) is 80.8 Å². The summed E-state index contributed by atoms with van der Waals surface area (Å²) in [5.41, 5.74) is 6.53. The number of fused-ring (bicyclic) bond motifs is 1. The number of nitrogens with one attached hydrogen (secondary N) is 1.